The molecule has 1 aliphatic carbocycles. The number of hydrogen-bond donors (Lipinski definition) is 2. The lowest BCUT2D eigenvalue weighted by atomic mass is 10.0. The van der Waals surface area contributed by atoms with Gasteiger partial charge in [0.2, 0.25) is 5.91 Å². The van der Waals surface area contributed by atoms with Crippen molar-refractivity contribution in [3.8, 4) is 0 Å². The van der Waals surface area contributed by atoms with E-state index < -0.39 is 0 Å². The van der Waals surface area contributed by atoms with Crippen molar-refractivity contribution in [2.24, 2.45) is 10.9 Å². The summed E-state index contributed by atoms with van der Waals surface area (Å²) in [7, 11) is 1.76. The Morgan fingerprint density at radius 2 is 2.00 bits per heavy atom. The Bertz CT molecular complexity index is 410. The number of aliphatic imine (C=N–C) groups is 1. The molecule has 0 spiro atoms. The maximum Gasteiger partial charge on any atom is 0.224 e. The molecule has 6 nitrogen and oxygen atoms in total. The molecular formula is C18H34N4O2. The van der Waals surface area contributed by atoms with Crippen LogP contribution in [0.2, 0.25) is 0 Å². The van der Waals surface area contributed by atoms with E-state index in [2.05, 4.69) is 22.5 Å². The van der Waals surface area contributed by atoms with Gasteiger partial charge in [-0.05, 0) is 51.4 Å². The average molecular weight is 338 g/mol. The number of amides is 1. The number of likely N-dealkylation sites (tertiary alicyclic amines) is 1. The Kier molecular flexibility index (Phi) is 8.36. The van der Waals surface area contributed by atoms with Crippen LogP contribution in [0.15, 0.2) is 4.99 Å². The van der Waals surface area contributed by atoms with Crippen LogP contribution in [-0.2, 0) is 9.53 Å². The average Bonchev–Trinajstić information content (AvgIpc) is 3.40. The van der Waals surface area contributed by atoms with E-state index in [0.29, 0.717) is 19.0 Å². The Hall–Kier alpha value is -1.30. The predicted octanol–water partition coefficient (Wildman–Crippen LogP) is 1.76. The van der Waals surface area contributed by atoms with Crippen molar-refractivity contribution < 1.29 is 9.53 Å². The molecule has 0 aromatic heterocycles. The molecule has 6 heteroatoms. The van der Waals surface area contributed by atoms with E-state index in [4.69, 9.17) is 4.74 Å². The van der Waals surface area contributed by atoms with Crippen LogP contribution in [0.3, 0.4) is 0 Å². The lowest BCUT2D eigenvalue weighted by molar-refractivity contribution is -0.134. The largest absolute Gasteiger partial charge is 0.381 e. The molecule has 1 atom stereocenters. The van der Waals surface area contributed by atoms with E-state index >= 15 is 0 Å². The van der Waals surface area contributed by atoms with E-state index in [1.54, 1.807) is 7.05 Å². The molecule has 0 radical (unpaired) electrons. The van der Waals surface area contributed by atoms with Gasteiger partial charge in [0.15, 0.2) is 5.96 Å². The fourth-order valence-corrected chi connectivity index (χ4v) is 3.04. The predicted molar refractivity (Wildman–Crippen MR) is 97.2 cm³/mol. The van der Waals surface area contributed by atoms with Gasteiger partial charge in [0.25, 0.3) is 0 Å². The quantitative estimate of drug-likeness (QED) is 0.382. The number of carbonyl (C=O) groups is 1. The summed E-state index contributed by atoms with van der Waals surface area (Å²) in [4.78, 5) is 18.5. The van der Waals surface area contributed by atoms with Crippen LogP contribution in [0.1, 0.15) is 51.9 Å². The third-order valence-corrected chi connectivity index (χ3v) is 4.79. The second-order valence-corrected chi connectivity index (χ2v) is 6.98. The number of nitrogens with zero attached hydrogens (tertiary/aromatic N) is 2. The van der Waals surface area contributed by atoms with Crippen molar-refractivity contribution in [2.45, 2.75) is 57.9 Å². The van der Waals surface area contributed by atoms with Gasteiger partial charge in [-0.25, -0.2) is 0 Å². The highest BCUT2D eigenvalue weighted by Crippen LogP contribution is 2.28. The van der Waals surface area contributed by atoms with E-state index in [1.165, 1.54) is 19.3 Å². The van der Waals surface area contributed by atoms with Crippen molar-refractivity contribution in [3.05, 3.63) is 0 Å². The zero-order chi connectivity index (χ0) is 17.2. The third-order valence-electron chi connectivity index (χ3n) is 4.79. The summed E-state index contributed by atoms with van der Waals surface area (Å²) < 4.78 is 5.61. The normalized spacial score (nSPS) is 21.7. The number of rotatable bonds is 9. The maximum absolute atomic E-state index is 12.3. The molecule has 2 aliphatic rings. The zero-order valence-electron chi connectivity index (χ0n) is 15.4. The van der Waals surface area contributed by atoms with E-state index in [-0.39, 0.29) is 5.91 Å². The molecule has 1 amide bonds. The number of nitrogens with one attached hydrogen (secondary N) is 2. The SMILES string of the molecule is CN=C(NCCCOCC1CC1)NCCC(=O)N1CCCCC1C. The van der Waals surface area contributed by atoms with Crippen molar-refractivity contribution in [3.63, 3.8) is 0 Å². The first-order chi connectivity index (χ1) is 11.7. The Morgan fingerprint density at radius 3 is 2.71 bits per heavy atom. The first-order valence-electron chi connectivity index (χ1n) is 9.52. The fourth-order valence-electron chi connectivity index (χ4n) is 3.04. The van der Waals surface area contributed by atoms with Gasteiger partial charge in [-0.2, -0.15) is 0 Å². The summed E-state index contributed by atoms with van der Waals surface area (Å²) >= 11 is 0. The molecule has 0 bridgehead atoms. The van der Waals surface area contributed by atoms with Crippen LogP contribution in [0.25, 0.3) is 0 Å². The molecule has 2 rings (SSSR count). The lowest BCUT2D eigenvalue weighted by Gasteiger charge is -2.33. The molecule has 24 heavy (non-hydrogen) atoms. The van der Waals surface area contributed by atoms with Gasteiger partial charge in [0, 0.05) is 52.4 Å². The third kappa shape index (κ3) is 7.07. The molecule has 1 aliphatic heterocycles. The van der Waals surface area contributed by atoms with Gasteiger partial charge in [-0.3, -0.25) is 9.79 Å². The van der Waals surface area contributed by atoms with Crippen LogP contribution in [0, 0.1) is 5.92 Å². The summed E-state index contributed by atoms with van der Waals surface area (Å²) in [6.45, 7) is 6.24. The molecule has 1 unspecified atom stereocenters. The zero-order valence-corrected chi connectivity index (χ0v) is 15.4. The first-order valence-corrected chi connectivity index (χ1v) is 9.52. The summed E-state index contributed by atoms with van der Waals surface area (Å²) in [5.74, 6) is 1.84. The molecule has 0 aromatic rings. The van der Waals surface area contributed by atoms with E-state index in [9.17, 15) is 4.79 Å². The van der Waals surface area contributed by atoms with Crippen LogP contribution in [0.5, 0.6) is 0 Å². The number of carbonyl (C=O) groups excluding carboxylic acids is 1. The summed E-state index contributed by atoms with van der Waals surface area (Å²) in [5, 5.41) is 6.49. The first kappa shape index (κ1) is 19.0. The molecule has 0 aromatic carbocycles. The minimum Gasteiger partial charge on any atom is -0.381 e. The van der Waals surface area contributed by atoms with E-state index in [1.807, 2.05) is 4.90 Å². The van der Waals surface area contributed by atoms with Gasteiger partial charge in [-0.15, -0.1) is 0 Å². The Balaban J connectivity index is 1.51. The number of piperidine rings is 1. The molecule has 1 saturated heterocycles. The van der Waals surface area contributed by atoms with Gasteiger partial charge < -0.3 is 20.3 Å². The lowest BCUT2D eigenvalue weighted by Crippen LogP contribution is -2.44. The number of hydrogen-bond acceptors (Lipinski definition) is 3. The van der Waals surface area contributed by atoms with Crippen LogP contribution >= 0.6 is 0 Å². The van der Waals surface area contributed by atoms with E-state index in [0.717, 1.165) is 57.4 Å². The monoisotopic (exact) mass is 338 g/mol. The van der Waals surface area contributed by atoms with Crippen LogP contribution in [-0.4, -0.2) is 62.7 Å². The second kappa shape index (κ2) is 10.5. The smallest absolute Gasteiger partial charge is 0.224 e. The summed E-state index contributed by atoms with van der Waals surface area (Å²) in [5.41, 5.74) is 0. The Morgan fingerprint density at radius 1 is 1.21 bits per heavy atom. The number of ether oxygens (including phenoxy) is 1. The molecular weight excluding hydrogens is 304 g/mol. The van der Waals surface area contributed by atoms with Crippen LogP contribution < -0.4 is 10.6 Å². The minimum absolute atomic E-state index is 0.249. The van der Waals surface area contributed by atoms with Crippen molar-refractivity contribution in [1.82, 2.24) is 15.5 Å². The maximum atomic E-state index is 12.3. The highest BCUT2D eigenvalue weighted by molar-refractivity contribution is 5.81. The highest BCUT2D eigenvalue weighted by Gasteiger charge is 2.22. The molecule has 2 fully saturated rings. The van der Waals surface area contributed by atoms with Crippen molar-refractivity contribution in [1.29, 1.82) is 0 Å². The van der Waals surface area contributed by atoms with Crippen LogP contribution in [0.4, 0.5) is 0 Å². The topological polar surface area (TPSA) is 66.0 Å². The van der Waals surface area contributed by atoms with Gasteiger partial charge in [0.05, 0.1) is 0 Å². The van der Waals surface area contributed by atoms with Gasteiger partial charge in [0.1, 0.15) is 0 Å². The standard InChI is InChI=1S/C18H34N4O2/c1-15-6-3-4-12-22(15)17(23)9-11-21-18(19-2)20-10-5-13-24-14-16-7-8-16/h15-16H,3-14H2,1-2H3,(H2,19,20,21). The van der Waals surface area contributed by atoms with Gasteiger partial charge in [-0.1, -0.05) is 0 Å². The molecule has 1 saturated carbocycles. The van der Waals surface area contributed by atoms with Gasteiger partial charge >= 0.3 is 0 Å². The summed E-state index contributed by atoms with van der Waals surface area (Å²) in [6.07, 6.45) is 7.67. The van der Waals surface area contributed by atoms with Crippen molar-refractivity contribution >= 4 is 11.9 Å². The number of guanidine groups is 1. The molecule has 2 N–H and O–H groups in total. The van der Waals surface area contributed by atoms with Crippen molar-refractivity contribution in [2.75, 3.05) is 39.9 Å². The summed E-state index contributed by atoms with van der Waals surface area (Å²) in [6, 6.07) is 0.388. The minimum atomic E-state index is 0.249. The highest BCUT2D eigenvalue weighted by atomic mass is 16.5. The Labute approximate surface area is 146 Å². The molecule has 1 heterocycles. The second-order valence-electron chi connectivity index (χ2n) is 6.98. The fraction of sp³-hybridized carbons (Fsp3) is 0.889. The molecule has 138 valence electrons.